The molecular weight excluding hydrogens is 437 g/mol. The Balaban J connectivity index is 1.83. The smallest absolute Gasteiger partial charge is 0.416 e. The molecule has 0 spiro atoms. The Labute approximate surface area is 187 Å². The van der Waals surface area contributed by atoms with Gasteiger partial charge in [0.1, 0.15) is 5.75 Å². The van der Waals surface area contributed by atoms with Gasteiger partial charge in [-0.3, -0.25) is 4.79 Å². The van der Waals surface area contributed by atoms with Crippen LogP contribution in [0, 0.1) is 0 Å². The number of alkyl halides is 3. The number of halogens is 3. The second-order valence-corrected chi connectivity index (χ2v) is 6.72. The molecule has 170 valence electrons. The summed E-state index contributed by atoms with van der Waals surface area (Å²) >= 11 is 0. The van der Waals surface area contributed by atoms with Gasteiger partial charge in [-0.1, -0.05) is 42.5 Å². The summed E-state index contributed by atoms with van der Waals surface area (Å²) in [5.41, 5.74) is -0.295. The molecule has 0 aliphatic carbocycles. The molecule has 3 aromatic carbocycles. The van der Waals surface area contributed by atoms with Crippen LogP contribution in [0.3, 0.4) is 0 Å². The minimum absolute atomic E-state index is 0.126. The molecule has 3 aromatic rings. The number of ether oxygens (including phenoxy) is 2. The standard InChI is InChI=1S/C24H19F3N2O4/c1-32-21-12-5-9-18(13-21)23(31)33-16-22(30)29(28-15-17-7-3-2-4-8-17)20-11-6-10-19(14-20)24(25,26)27/h2-15H,16H2,1H3. The SMILES string of the molecule is COc1cccc(C(=O)OCC(=O)N(N=Cc2ccccc2)c2cccc(C(F)(F)F)c2)c1. The number of hydrogen-bond acceptors (Lipinski definition) is 5. The fourth-order valence-electron chi connectivity index (χ4n) is 2.77. The minimum Gasteiger partial charge on any atom is -0.497 e. The number of carbonyl (C=O) groups is 2. The molecule has 0 saturated heterocycles. The van der Waals surface area contributed by atoms with Crippen molar-refractivity contribution in [1.29, 1.82) is 0 Å². The zero-order valence-corrected chi connectivity index (χ0v) is 17.5. The van der Waals surface area contributed by atoms with E-state index in [1.807, 2.05) is 0 Å². The quantitative estimate of drug-likeness (QED) is 0.287. The number of anilines is 1. The normalized spacial score (nSPS) is 11.3. The zero-order chi connectivity index (χ0) is 23.8. The zero-order valence-electron chi connectivity index (χ0n) is 17.5. The fourth-order valence-corrected chi connectivity index (χ4v) is 2.77. The van der Waals surface area contributed by atoms with E-state index >= 15 is 0 Å². The van der Waals surface area contributed by atoms with Crippen molar-refractivity contribution in [3.63, 3.8) is 0 Å². The number of methoxy groups -OCH3 is 1. The first-order valence-corrected chi connectivity index (χ1v) is 9.68. The van der Waals surface area contributed by atoms with E-state index in [2.05, 4.69) is 5.10 Å². The van der Waals surface area contributed by atoms with Gasteiger partial charge in [-0.05, 0) is 42.0 Å². The van der Waals surface area contributed by atoms with E-state index in [0.717, 1.165) is 17.1 Å². The maximum atomic E-state index is 13.2. The van der Waals surface area contributed by atoms with E-state index in [4.69, 9.17) is 9.47 Å². The molecule has 0 heterocycles. The lowest BCUT2D eigenvalue weighted by molar-refractivity contribution is -0.137. The average Bonchev–Trinajstić information content (AvgIpc) is 2.83. The van der Waals surface area contributed by atoms with E-state index < -0.39 is 30.2 Å². The molecule has 0 N–H and O–H groups in total. The van der Waals surface area contributed by atoms with Crippen LogP contribution in [0.1, 0.15) is 21.5 Å². The highest BCUT2D eigenvalue weighted by atomic mass is 19.4. The highest BCUT2D eigenvalue weighted by Crippen LogP contribution is 2.31. The summed E-state index contributed by atoms with van der Waals surface area (Å²) in [6, 6.07) is 19.0. The molecule has 0 atom stereocenters. The number of benzene rings is 3. The molecule has 0 aromatic heterocycles. The van der Waals surface area contributed by atoms with E-state index in [0.29, 0.717) is 11.3 Å². The highest BCUT2D eigenvalue weighted by Gasteiger charge is 2.31. The summed E-state index contributed by atoms with van der Waals surface area (Å²) < 4.78 is 49.6. The Hall–Kier alpha value is -4.14. The summed E-state index contributed by atoms with van der Waals surface area (Å²) in [4.78, 5) is 25.1. The summed E-state index contributed by atoms with van der Waals surface area (Å²) in [6.45, 7) is -0.738. The molecule has 33 heavy (non-hydrogen) atoms. The van der Waals surface area contributed by atoms with Gasteiger partial charge in [0.05, 0.1) is 30.1 Å². The van der Waals surface area contributed by atoms with Crippen LogP contribution in [-0.2, 0) is 15.7 Å². The van der Waals surface area contributed by atoms with Gasteiger partial charge < -0.3 is 9.47 Å². The Bertz CT molecular complexity index is 1150. The van der Waals surface area contributed by atoms with Gasteiger partial charge in [0.25, 0.3) is 5.91 Å². The highest BCUT2D eigenvalue weighted by molar-refractivity contribution is 5.98. The van der Waals surface area contributed by atoms with Crippen LogP contribution in [0.25, 0.3) is 0 Å². The van der Waals surface area contributed by atoms with Crippen molar-refractivity contribution in [2.24, 2.45) is 5.10 Å². The Morgan fingerprint density at radius 3 is 2.39 bits per heavy atom. The summed E-state index contributed by atoms with van der Waals surface area (Å²) in [7, 11) is 1.44. The Morgan fingerprint density at radius 1 is 0.970 bits per heavy atom. The monoisotopic (exact) mass is 456 g/mol. The van der Waals surface area contributed by atoms with Crippen molar-refractivity contribution in [2.45, 2.75) is 6.18 Å². The molecule has 0 fully saturated rings. The molecule has 0 saturated carbocycles. The number of carbonyl (C=O) groups excluding carboxylic acids is 2. The van der Waals surface area contributed by atoms with Gasteiger partial charge in [-0.25, -0.2) is 4.79 Å². The second kappa shape index (κ2) is 10.4. The third-order valence-electron chi connectivity index (χ3n) is 4.41. The number of hydrogen-bond donors (Lipinski definition) is 0. The van der Waals surface area contributed by atoms with Crippen molar-refractivity contribution in [3.8, 4) is 5.75 Å². The van der Waals surface area contributed by atoms with E-state index in [1.54, 1.807) is 42.5 Å². The van der Waals surface area contributed by atoms with Crippen molar-refractivity contribution in [1.82, 2.24) is 0 Å². The maximum Gasteiger partial charge on any atom is 0.416 e. The van der Waals surface area contributed by atoms with Crippen molar-refractivity contribution < 1.29 is 32.2 Å². The minimum atomic E-state index is -4.60. The van der Waals surface area contributed by atoms with E-state index in [9.17, 15) is 22.8 Å². The van der Waals surface area contributed by atoms with Crippen LogP contribution in [0.15, 0.2) is 84.0 Å². The van der Waals surface area contributed by atoms with Gasteiger partial charge >= 0.3 is 12.1 Å². The Kier molecular flexibility index (Phi) is 7.45. The first kappa shape index (κ1) is 23.5. The van der Waals surface area contributed by atoms with Crippen LogP contribution >= 0.6 is 0 Å². The predicted octanol–water partition coefficient (Wildman–Crippen LogP) is 4.94. The first-order valence-electron chi connectivity index (χ1n) is 9.68. The molecular formula is C24H19F3N2O4. The third-order valence-corrected chi connectivity index (χ3v) is 4.41. The van der Waals surface area contributed by atoms with Gasteiger partial charge in [-0.2, -0.15) is 23.3 Å². The van der Waals surface area contributed by atoms with Crippen LogP contribution in [0.2, 0.25) is 0 Å². The van der Waals surface area contributed by atoms with Crippen LogP contribution in [0.4, 0.5) is 18.9 Å². The summed E-state index contributed by atoms with van der Waals surface area (Å²) in [5.74, 6) is -1.20. The molecule has 0 bridgehead atoms. The molecule has 1 amide bonds. The van der Waals surface area contributed by atoms with Crippen molar-refractivity contribution in [3.05, 3.63) is 95.6 Å². The maximum absolute atomic E-state index is 13.2. The second-order valence-electron chi connectivity index (χ2n) is 6.72. The van der Waals surface area contributed by atoms with Crippen LogP contribution < -0.4 is 9.75 Å². The van der Waals surface area contributed by atoms with Crippen LogP contribution in [0.5, 0.6) is 5.75 Å². The lowest BCUT2D eigenvalue weighted by atomic mass is 10.2. The van der Waals surface area contributed by atoms with Crippen molar-refractivity contribution >= 4 is 23.8 Å². The number of esters is 1. The number of amides is 1. The average molecular weight is 456 g/mol. The summed E-state index contributed by atoms with van der Waals surface area (Å²) in [5, 5.41) is 4.81. The lowest BCUT2D eigenvalue weighted by Gasteiger charge is -2.18. The van der Waals surface area contributed by atoms with Gasteiger partial charge in [0.15, 0.2) is 6.61 Å². The molecule has 0 aliphatic heterocycles. The molecule has 0 aliphatic rings. The van der Waals surface area contributed by atoms with E-state index in [1.165, 1.54) is 37.6 Å². The number of hydrazone groups is 1. The number of rotatable bonds is 7. The fraction of sp³-hybridized carbons (Fsp3) is 0.125. The van der Waals surface area contributed by atoms with Gasteiger partial charge in [-0.15, -0.1) is 0 Å². The molecule has 3 rings (SSSR count). The molecule has 9 heteroatoms. The number of nitrogens with zero attached hydrogens (tertiary/aromatic N) is 2. The lowest BCUT2D eigenvalue weighted by Crippen LogP contribution is -2.31. The predicted molar refractivity (Wildman–Crippen MR) is 116 cm³/mol. The summed E-state index contributed by atoms with van der Waals surface area (Å²) in [6.07, 6.45) is -3.28. The largest absolute Gasteiger partial charge is 0.497 e. The van der Waals surface area contributed by atoms with Crippen molar-refractivity contribution in [2.75, 3.05) is 18.7 Å². The Morgan fingerprint density at radius 2 is 1.70 bits per heavy atom. The molecule has 6 nitrogen and oxygen atoms in total. The molecule has 0 unspecified atom stereocenters. The third kappa shape index (κ3) is 6.42. The first-order chi connectivity index (χ1) is 15.8. The van der Waals surface area contributed by atoms with E-state index in [-0.39, 0.29) is 11.3 Å². The van der Waals surface area contributed by atoms with Gasteiger partial charge in [0.2, 0.25) is 0 Å². The van der Waals surface area contributed by atoms with Gasteiger partial charge in [0, 0.05) is 0 Å². The van der Waals surface area contributed by atoms with Crippen LogP contribution in [-0.4, -0.2) is 31.8 Å². The topological polar surface area (TPSA) is 68.2 Å². The molecule has 0 radical (unpaired) electrons.